The van der Waals surface area contributed by atoms with Gasteiger partial charge in [-0.1, -0.05) is 96.2 Å². The third-order valence-corrected chi connectivity index (χ3v) is 8.07. The Labute approximate surface area is 316 Å². The van der Waals surface area contributed by atoms with Gasteiger partial charge in [0.05, 0.1) is 0 Å². The Balaban J connectivity index is 0.000000253. The van der Waals surface area contributed by atoms with Crippen LogP contribution < -0.4 is 0 Å². The van der Waals surface area contributed by atoms with E-state index in [0.29, 0.717) is 5.92 Å². The van der Waals surface area contributed by atoms with Crippen LogP contribution in [0.4, 0.5) is 26.3 Å². The molecule has 0 heterocycles. The summed E-state index contributed by atoms with van der Waals surface area (Å²) in [6, 6.07) is 29.2. The second kappa shape index (κ2) is 18.4. The first-order valence-corrected chi connectivity index (χ1v) is 18.2. The molecular formula is C44H46F6Zr-4. The minimum absolute atomic E-state index is 0.167. The first-order chi connectivity index (χ1) is 23.6. The van der Waals surface area contributed by atoms with E-state index in [1.54, 1.807) is 0 Å². The number of allylic oxidation sites excluding steroid dienone is 4. The zero-order valence-corrected chi connectivity index (χ0v) is 33.3. The molecular weight excluding hydrogens is 734 g/mol. The van der Waals surface area contributed by atoms with Crippen LogP contribution in [0.15, 0.2) is 96.1 Å². The van der Waals surface area contributed by atoms with E-state index in [2.05, 4.69) is 127 Å². The van der Waals surface area contributed by atoms with Gasteiger partial charge in [-0.05, 0) is 28.4 Å². The van der Waals surface area contributed by atoms with E-state index in [9.17, 15) is 26.3 Å². The Morgan fingerprint density at radius 3 is 1.53 bits per heavy atom. The molecule has 0 nitrogen and oxygen atoms in total. The van der Waals surface area contributed by atoms with Crippen molar-refractivity contribution in [1.29, 1.82) is 0 Å². The second-order valence-electron chi connectivity index (χ2n) is 14.3. The SMILES string of the molecule is CC(C)(C)c1[c-]c2c(cc1)-c1ccc(C(C)(C)C)cc1C2.CC1=[C-]C(C)C=C1C.FC(F)(F)c1c[c-]ccc1.FC(F)(F)c1c[c-]ccc1.[CH2]=[Zr]. The molecule has 1 unspecified atom stereocenters. The summed E-state index contributed by atoms with van der Waals surface area (Å²) in [5.74, 6) is 0.551. The van der Waals surface area contributed by atoms with Crippen LogP contribution >= 0.6 is 0 Å². The van der Waals surface area contributed by atoms with Gasteiger partial charge in [-0.3, -0.25) is 6.08 Å². The topological polar surface area (TPSA) is 0 Å². The van der Waals surface area contributed by atoms with Crippen LogP contribution in [-0.4, -0.2) is 4.21 Å². The van der Waals surface area contributed by atoms with Crippen LogP contribution in [0.3, 0.4) is 0 Å². The number of halogens is 6. The summed E-state index contributed by atoms with van der Waals surface area (Å²) < 4.78 is 73.9. The molecule has 0 bridgehead atoms. The van der Waals surface area contributed by atoms with Gasteiger partial charge in [0.15, 0.2) is 0 Å². The fourth-order valence-electron chi connectivity index (χ4n) is 5.16. The zero-order valence-electron chi connectivity index (χ0n) is 30.8. The molecule has 51 heavy (non-hydrogen) atoms. The monoisotopic (exact) mass is 778 g/mol. The predicted octanol–water partition coefficient (Wildman–Crippen LogP) is 13.0. The molecule has 2 aliphatic rings. The number of fused-ring (bicyclic) bond motifs is 3. The van der Waals surface area contributed by atoms with Crippen LogP contribution in [-0.2, 0) is 53.8 Å². The van der Waals surface area contributed by atoms with Crippen molar-refractivity contribution < 1.29 is 50.6 Å². The fourth-order valence-corrected chi connectivity index (χ4v) is 5.16. The number of hydrogen-bond donors (Lipinski definition) is 0. The summed E-state index contributed by atoms with van der Waals surface area (Å²) in [5, 5.41) is 0. The maximum atomic E-state index is 11.8. The average Bonchev–Trinajstić information content (AvgIpc) is 3.58. The van der Waals surface area contributed by atoms with Gasteiger partial charge in [0, 0.05) is 0 Å². The molecule has 1 atom stereocenters. The molecule has 0 aliphatic heterocycles. The van der Waals surface area contributed by atoms with Gasteiger partial charge in [0.25, 0.3) is 0 Å². The molecule has 0 spiro atoms. The van der Waals surface area contributed by atoms with Crippen molar-refractivity contribution in [2.45, 2.75) is 91.9 Å². The minimum atomic E-state index is -4.24. The summed E-state index contributed by atoms with van der Waals surface area (Å²) in [6.07, 6.45) is -1.93. The van der Waals surface area contributed by atoms with Crippen molar-refractivity contribution in [2.24, 2.45) is 5.92 Å². The Hall–Kier alpha value is -3.31. The van der Waals surface area contributed by atoms with Crippen molar-refractivity contribution in [3.63, 3.8) is 0 Å². The number of rotatable bonds is 0. The van der Waals surface area contributed by atoms with Gasteiger partial charge < -0.3 is 0 Å². The Morgan fingerprint density at radius 1 is 0.686 bits per heavy atom. The van der Waals surface area contributed by atoms with Crippen molar-refractivity contribution in [2.75, 3.05) is 0 Å². The number of alkyl halides is 6. The molecule has 0 N–H and O–H groups in total. The van der Waals surface area contributed by atoms with Crippen molar-refractivity contribution in [3.8, 4) is 11.1 Å². The molecule has 0 saturated carbocycles. The average molecular weight is 780 g/mol. The number of benzene rings is 4. The van der Waals surface area contributed by atoms with E-state index >= 15 is 0 Å². The summed E-state index contributed by atoms with van der Waals surface area (Å²) >= 11 is 1.30. The molecule has 272 valence electrons. The first kappa shape index (κ1) is 43.9. The van der Waals surface area contributed by atoms with Crippen molar-refractivity contribution in [3.05, 3.63) is 154 Å². The van der Waals surface area contributed by atoms with E-state index in [1.807, 2.05) is 0 Å². The van der Waals surface area contributed by atoms with Gasteiger partial charge in [-0.25, -0.2) is 11.1 Å². The van der Waals surface area contributed by atoms with Gasteiger partial charge in [-0.15, -0.1) is 18.1 Å². The molecule has 6 rings (SSSR count). The van der Waals surface area contributed by atoms with Crippen LogP contribution in [0.5, 0.6) is 0 Å². The van der Waals surface area contributed by atoms with Crippen LogP contribution in [0.25, 0.3) is 11.1 Å². The normalized spacial score (nSPS) is 14.7. The third-order valence-electron chi connectivity index (χ3n) is 8.07. The quantitative estimate of drug-likeness (QED) is 0.108. The molecule has 0 aromatic heterocycles. The van der Waals surface area contributed by atoms with Gasteiger partial charge in [-0.2, -0.15) is 117 Å². The summed E-state index contributed by atoms with van der Waals surface area (Å²) in [5.41, 5.74) is 10.1. The van der Waals surface area contributed by atoms with Gasteiger partial charge in [0.2, 0.25) is 0 Å². The fraction of sp³-hybridized carbons (Fsp3) is 0.341. The molecule has 4 aromatic rings. The van der Waals surface area contributed by atoms with E-state index in [0.717, 1.165) is 30.7 Å². The van der Waals surface area contributed by atoms with Crippen molar-refractivity contribution in [1.82, 2.24) is 0 Å². The zero-order chi connectivity index (χ0) is 38.8. The van der Waals surface area contributed by atoms with Crippen LogP contribution in [0.2, 0.25) is 0 Å². The molecule has 0 saturated heterocycles. The molecule has 0 radical (unpaired) electrons. The second-order valence-corrected chi connectivity index (χ2v) is 14.3. The van der Waals surface area contributed by atoms with Crippen molar-refractivity contribution >= 4 is 4.21 Å². The van der Waals surface area contributed by atoms with Gasteiger partial charge >= 0.3 is 40.8 Å². The summed E-state index contributed by atoms with van der Waals surface area (Å²) in [4.78, 5) is 0. The van der Waals surface area contributed by atoms with E-state index < -0.39 is 23.5 Å². The maximum absolute atomic E-state index is 11.8. The van der Waals surface area contributed by atoms with Gasteiger partial charge in [0.1, 0.15) is 0 Å². The molecule has 0 fully saturated rings. The first-order valence-electron chi connectivity index (χ1n) is 16.5. The third kappa shape index (κ3) is 13.6. The van der Waals surface area contributed by atoms with Crippen LogP contribution in [0, 0.1) is 30.2 Å². The van der Waals surface area contributed by atoms with E-state index in [-0.39, 0.29) is 10.8 Å². The number of hydrogen-bond acceptors (Lipinski definition) is 0. The Morgan fingerprint density at radius 2 is 1.20 bits per heavy atom. The molecule has 0 amide bonds. The van der Waals surface area contributed by atoms with E-state index in [4.69, 9.17) is 0 Å². The predicted molar refractivity (Wildman–Crippen MR) is 194 cm³/mol. The Bertz CT molecular complexity index is 1620. The molecule has 4 aromatic carbocycles. The summed E-state index contributed by atoms with van der Waals surface area (Å²) in [6.45, 7) is 20.0. The van der Waals surface area contributed by atoms with E-state index in [1.165, 1.54) is 93.0 Å². The van der Waals surface area contributed by atoms with Crippen LogP contribution in [0.1, 0.15) is 95.7 Å². The molecule has 2 aliphatic carbocycles. The standard InChI is InChI=1S/C21H25.C8H11.2C7H4F3.CH2.Zr/c1-20(2,3)16-7-9-18-14(12-16)11-15-13-17(21(4,5)6)8-10-19(15)18;1-6-4-7(2)8(3)5-6;2*8-7(9,10)6-4-2-1-3-5-6;;/h7-10,12H,11H2,1-6H3;4,6H,1-3H3;2*1-2,4-5H;1H2;/q4*-1;;. The summed E-state index contributed by atoms with van der Waals surface area (Å²) in [7, 11) is 0. The molecule has 7 heteroatoms. The Kier molecular flexibility index (Phi) is 15.9.